The van der Waals surface area contributed by atoms with Gasteiger partial charge in [0.1, 0.15) is 0 Å². The molecule has 1 aliphatic rings. The smallest absolute Gasteiger partial charge is 0.309 e. The molecule has 0 atom stereocenters. The minimum atomic E-state index is -0.613. The highest BCUT2D eigenvalue weighted by atomic mass is 16.4. The molecule has 2 nitrogen and oxygen atoms in total. The summed E-state index contributed by atoms with van der Waals surface area (Å²) in [5.41, 5.74) is 2.21. The molecule has 1 aromatic rings. The zero-order valence-electron chi connectivity index (χ0n) is 9.70. The van der Waals surface area contributed by atoms with Crippen LogP contribution < -0.4 is 0 Å². The molecule has 86 valence electrons. The molecular formula is C14H18O2. The van der Waals surface area contributed by atoms with Gasteiger partial charge in [0.05, 0.1) is 5.41 Å². The van der Waals surface area contributed by atoms with E-state index in [2.05, 4.69) is 31.2 Å². The normalized spacial score (nSPS) is 17.1. The molecule has 1 aromatic carbocycles. The molecule has 0 aromatic heterocycles. The number of carboxylic acids is 1. The number of carbonyl (C=O) groups is 1. The van der Waals surface area contributed by atoms with Gasteiger partial charge in [0.2, 0.25) is 0 Å². The summed E-state index contributed by atoms with van der Waals surface area (Å²) in [4.78, 5) is 11.0. The second kappa shape index (κ2) is 4.28. The van der Waals surface area contributed by atoms with Crippen molar-refractivity contribution >= 4 is 5.97 Å². The van der Waals surface area contributed by atoms with Gasteiger partial charge < -0.3 is 5.11 Å². The van der Waals surface area contributed by atoms with Crippen LogP contribution in [0.25, 0.3) is 0 Å². The number of hydrogen-bond acceptors (Lipinski definition) is 1. The van der Waals surface area contributed by atoms with Crippen LogP contribution in [0.4, 0.5) is 0 Å². The molecule has 2 rings (SSSR count). The van der Waals surface area contributed by atoms with Gasteiger partial charge in [-0.15, -0.1) is 0 Å². The van der Waals surface area contributed by atoms with E-state index in [0.29, 0.717) is 0 Å². The lowest BCUT2D eigenvalue weighted by Crippen LogP contribution is -2.15. The Labute approximate surface area is 96.3 Å². The number of benzene rings is 1. The van der Waals surface area contributed by atoms with E-state index in [9.17, 15) is 4.79 Å². The van der Waals surface area contributed by atoms with Crippen LogP contribution in [-0.4, -0.2) is 11.1 Å². The molecule has 16 heavy (non-hydrogen) atoms. The SMILES string of the molecule is CCc1ccc(CCC2(C(=O)O)CC2)cc1. The summed E-state index contributed by atoms with van der Waals surface area (Å²) in [5.74, 6) is -0.613. The van der Waals surface area contributed by atoms with Crippen LogP contribution in [0.2, 0.25) is 0 Å². The van der Waals surface area contributed by atoms with Gasteiger partial charge in [-0.3, -0.25) is 4.79 Å². The third-order valence-electron chi connectivity index (χ3n) is 3.63. The summed E-state index contributed by atoms with van der Waals surface area (Å²) in [5, 5.41) is 9.06. The summed E-state index contributed by atoms with van der Waals surface area (Å²) in [6.07, 6.45) is 4.44. The zero-order chi connectivity index (χ0) is 11.6. The number of aliphatic carboxylic acids is 1. The monoisotopic (exact) mass is 218 g/mol. The Morgan fingerprint density at radius 3 is 2.25 bits per heavy atom. The summed E-state index contributed by atoms with van der Waals surface area (Å²) in [6.45, 7) is 2.14. The van der Waals surface area contributed by atoms with Gasteiger partial charge in [-0.1, -0.05) is 31.2 Å². The van der Waals surface area contributed by atoms with Crippen molar-refractivity contribution < 1.29 is 9.90 Å². The van der Waals surface area contributed by atoms with Gasteiger partial charge >= 0.3 is 5.97 Å². The lowest BCUT2D eigenvalue weighted by Gasteiger charge is -2.09. The fourth-order valence-corrected chi connectivity index (χ4v) is 2.05. The Morgan fingerprint density at radius 1 is 1.25 bits per heavy atom. The predicted molar refractivity (Wildman–Crippen MR) is 63.4 cm³/mol. The van der Waals surface area contributed by atoms with Crippen molar-refractivity contribution in [2.75, 3.05) is 0 Å². The Bertz CT molecular complexity index is 374. The number of rotatable bonds is 5. The first kappa shape index (κ1) is 11.2. The highest BCUT2D eigenvalue weighted by molar-refractivity contribution is 5.77. The van der Waals surface area contributed by atoms with Gasteiger partial charge in [0.25, 0.3) is 0 Å². The molecule has 1 aliphatic carbocycles. The largest absolute Gasteiger partial charge is 0.481 e. The maximum absolute atomic E-state index is 11.0. The van der Waals surface area contributed by atoms with Crippen molar-refractivity contribution in [2.45, 2.75) is 39.0 Å². The quantitative estimate of drug-likeness (QED) is 0.824. The average Bonchev–Trinajstić information content (AvgIpc) is 3.08. The Hall–Kier alpha value is -1.31. The molecular weight excluding hydrogens is 200 g/mol. The van der Waals surface area contributed by atoms with E-state index in [1.54, 1.807) is 0 Å². The highest BCUT2D eigenvalue weighted by Crippen LogP contribution is 2.49. The van der Waals surface area contributed by atoms with Gasteiger partial charge in [0, 0.05) is 0 Å². The topological polar surface area (TPSA) is 37.3 Å². The summed E-state index contributed by atoms with van der Waals surface area (Å²) in [6, 6.07) is 8.51. The maximum Gasteiger partial charge on any atom is 0.309 e. The third kappa shape index (κ3) is 2.26. The first-order chi connectivity index (χ1) is 7.66. The van der Waals surface area contributed by atoms with E-state index in [4.69, 9.17) is 5.11 Å². The van der Waals surface area contributed by atoms with Gasteiger partial charge in [-0.25, -0.2) is 0 Å². The minimum Gasteiger partial charge on any atom is -0.481 e. The van der Waals surface area contributed by atoms with Crippen molar-refractivity contribution in [3.63, 3.8) is 0 Å². The number of hydrogen-bond donors (Lipinski definition) is 1. The zero-order valence-corrected chi connectivity index (χ0v) is 9.70. The van der Waals surface area contributed by atoms with E-state index >= 15 is 0 Å². The highest BCUT2D eigenvalue weighted by Gasteiger charge is 2.49. The van der Waals surface area contributed by atoms with Gasteiger partial charge in [0.15, 0.2) is 0 Å². The van der Waals surface area contributed by atoms with Crippen LogP contribution in [0.15, 0.2) is 24.3 Å². The molecule has 1 saturated carbocycles. The van der Waals surface area contributed by atoms with Crippen molar-refractivity contribution in [3.05, 3.63) is 35.4 Å². The molecule has 0 heterocycles. The lowest BCUT2D eigenvalue weighted by atomic mass is 9.96. The molecule has 0 bridgehead atoms. The Kier molecular flexibility index (Phi) is 2.99. The Balaban J connectivity index is 1.92. The van der Waals surface area contributed by atoms with E-state index in [1.807, 2.05) is 0 Å². The lowest BCUT2D eigenvalue weighted by molar-refractivity contribution is -0.143. The van der Waals surface area contributed by atoms with Crippen LogP contribution in [0, 0.1) is 5.41 Å². The minimum absolute atomic E-state index is 0.385. The molecule has 0 aliphatic heterocycles. The second-order valence-corrected chi connectivity index (χ2v) is 4.76. The van der Waals surface area contributed by atoms with E-state index < -0.39 is 5.97 Å². The van der Waals surface area contributed by atoms with E-state index in [1.165, 1.54) is 11.1 Å². The summed E-state index contributed by atoms with van der Waals surface area (Å²) in [7, 11) is 0. The van der Waals surface area contributed by atoms with Crippen LogP contribution in [0.3, 0.4) is 0 Å². The first-order valence-electron chi connectivity index (χ1n) is 5.97. The molecule has 0 saturated heterocycles. The van der Waals surface area contributed by atoms with Gasteiger partial charge in [-0.2, -0.15) is 0 Å². The van der Waals surface area contributed by atoms with E-state index in [0.717, 1.165) is 32.1 Å². The second-order valence-electron chi connectivity index (χ2n) is 4.76. The number of aryl methyl sites for hydroxylation is 2. The molecule has 2 heteroatoms. The van der Waals surface area contributed by atoms with E-state index in [-0.39, 0.29) is 5.41 Å². The van der Waals surface area contributed by atoms with Crippen molar-refractivity contribution in [3.8, 4) is 0 Å². The van der Waals surface area contributed by atoms with Crippen LogP contribution >= 0.6 is 0 Å². The van der Waals surface area contributed by atoms with Crippen LogP contribution in [0.1, 0.15) is 37.3 Å². The first-order valence-corrected chi connectivity index (χ1v) is 5.97. The fourth-order valence-electron chi connectivity index (χ4n) is 2.05. The summed E-state index contributed by atoms with van der Waals surface area (Å²) < 4.78 is 0. The molecule has 0 amide bonds. The van der Waals surface area contributed by atoms with Crippen molar-refractivity contribution in [2.24, 2.45) is 5.41 Å². The van der Waals surface area contributed by atoms with Gasteiger partial charge in [-0.05, 0) is 43.2 Å². The molecule has 1 N–H and O–H groups in total. The summed E-state index contributed by atoms with van der Waals surface area (Å²) >= 11 is 0. The molecule has 0 radical (unpaired) electrons. The Morgan fingerprint density at radius 2 is 1.81 bits per heavy atom. The van der Waals surface area contributed by atoms with Crippen molar-refractivity contribution in [1.82, 2.24) is 0 Å². The van der Waals surface area contributed by atoms with Crippen LogP contribution in [-0.2, 0) is 17.6 Å². The number of carboxylic acid groups (broad SMARTS) is 1. The predicted octanol–water partition coefficient (Wildman–Crippen LogP) is 3.05. The standard InChI is InChI=1S/C14H18O2/c1-2-11-3-5-12(6-4-11)7-8-14(9-10-14)13(15)16/h3-6H,2,7-10H2,1H3,(H,15,16). The van der Waals surface area contributed by atoms with Crippen molar-refractivity contribution in [1.29, 1.82) is 0 Å². The fraction of sp³-hybridized carbons (Fsp3) is 0.500. The third-order valence-corrected chi connectivity index (χ3v) is 3.63. The molecule has 0 spiro atoms. The molecule has 1 fully saturated rings. The average molecular weight is 218 g/mol. The maximum atomic E-state index is 11.0. The van der Waals surface area contributed by atoms with Crippen LogP contribution in [0.5, 0.6) is 0 Å². The molecule has 0 unspecified atom stereocenters.